The van der Waals surface area contributed by atoms with Crippen LogP contribution in [0.25, 0.3) is 0 Å². The first-order chi connectivity index (χ1) is 14.6. The van der Waals surface area contributed by atoms with Crippen molar-refractivity contribution in [2.24, 2.45) is 7.05 Å². The number of aryl methyl sites for hydroxylation is 1. The zero-order valence-corrected chi connectivity index (χ0v) is 18.7. The van der Waals surface area contributed by atoms with Crippen LogP contribution in [-0.2, 0) is 21.9 Å². The molecular formula is C20H23ClFN3O5S. The molecule has 0 radical (unpaired) electrons. The Bertz CT molecular complexity index is 1140. The maximum Gasteiger partial charge on any atom is 0.254 e. The van der Waals surface area contributed by atoms with E-state index >= 15 is 0 Å². The molecule has 0 spiro atoms. The smallest absolute Gasteiger partial charge is 0.254 e. The molecule has 1 aliphatic rings. The highest BCUT2D eigenvalue weighted by atomic mass is 35.5. The SMILES string of the molecule is Cc1cc(OC2CCN(C(=O)CNS(=O)(=O)c3ccc(F)c(Cl)c3)CC2)cc(=O)n1C. The Kier molecular flexibility index (Phi) is 7.03. The minimum Gasteiger partial charge on any atom is -0.490 e. The van der Waals surface area contributed by atoms with Crippen LogP contribution in [0.2, 0.25) is 5.02 Å². The number of likely N-dealkylation sites (tertiary alicyclic amines) is 1. The van der Waals surface area contributed by atoms with Crippen molar-refractivity contribution in [1.29, 1.82) is 0 Å². The summed E-state index contributed by atoms with van der Waals surface area (Å²) in [6.45, 7) is 2.20. The largest absolute Gasteiger partial charge is 0.490 e. The first kappa shape index (κ1) is 23.2. The molecule has 1 saturated heterocycles. The van der Waals surface area contributed by atoms with Crippen LogP contribution in [0, 0.1) is 12.7 Å². The first-order valence-corrected chi connectivity index (χ1v) is 11.5. The van der Waals surface area contributed by atoms with Gasteiger partial charge in [0.2, 0.25) is 15.9 Å². The predicted molar refractivity (Wildman–Crippen MR) is 113 cm³/mol. The molecule has 0 bridgehead atoms. The van der Waals surface area contributed by atoms with E-state index in [9.17, 15) is 22.4 Å². The van der Waals surface area contributed by atoms with Gasteiger partial charge in [-0.15, -0.1) is 0 Å². The standard InChI is InChI=1S/C20H23ClFN3O5S/c1-13-9-15(10-19(26)24(13)2)30-14-5-7-25(8-6-14)20(27)12-23-31(28,29)16-3-4-18(22)17(21)11-16/h3-4,9-11,14,23H,5-8,12H2,1-2H3. The Morgan fingerprint density at radius 1 is 1.26 bits per heavy atom. The van der Waals surface area contributed by atoms with E-state index in [-0.39, 0.29) is 27.5 Å². The maximum atomic E-state index is 13.2. The number of nitrogens with zero attached hydrogens (tertiary/aromatic N) is 2. The Morgan fingerprint density at radius 2 is 1.94 bits per heavy atom. The number of benzene rings is 1. The summed E-state index contributed by atoms with van der Waals surface area (Å²) in [5.41, 5.74) is 0.627. The molecule has 1 aromatic heterocycles. The lowest BCUT2D eigenvalue weighted by Crippen LogP contribution is -2.46. The molecule has 168 valence electrons. The zero-order chi connectivity index (χ0) is 22.8. The number of carbonyl (C=O) groups excluding carboxylic acids is 1. The third-order valence-corrected chi connectivity index (χ3v) is 6.88. The average molecular weight is 472 g/mol. The molecule has 1 aromatic carbocycles. The number of carbonyl (C=O) groups is 1. The second-order valence-corrected chi connectivity index (χ2v) is 9.50. The lowest BCUT2D eigenvalue weighted by Gasteiger charge is -2.32. The van der Waals surface area contributed by atoms with E-state index in [1.54, 1.807) is 18.0 Å². The van der Waals surface area contributed by atoms with Gasteiger partial charge in [-0.1, -0.05) is 11.6 Å². The van der Waals surface area contributed by atoms with Gasteiger partial charge >= 0.3 is 0 Å². The number of rotatable bonds is 6. The van der Waals surface area contributed by atoms with Crippen molar-refractivity contribution < 1.29 is 22.3 Å². The molecule has 0 aliphatic carbocycles. The number of hydrogen-bond acceptors (Lipinski definition) is 5. The Balaban J connectivity index is 1.52. The normalized spacial score (nSPS) is 15.2. The number of amides is 1. The molecule has 0 unspecified atom stereocenters. The van der Waals surface area contributed by atoms with E-state index in [1.165, 1.54) is 10.6 Å². The van der Waals surface area contributed by atoms with Crippen molar-refractivity contribution in [3.8, 4) is 5.75 Å². The van der Waals surface area contributed by atoms with Crippen LogP contribution in [0.3, 0.4) is 0 Å². The summed E-state index contributed by atoms with van der Waals surface area (Å²) < 4.78 is 47.5. The number of aromatic nitrogens is 1. The lowest BCUT2D eigenvalue weighted by atomic mass is 10.1. The molecule has 1 fully saturated rings. The van der Waals surface area contributed by atoms with Crippen molar-refractivity contribution in [2.75, 3.05) is 19.6 Å². The van der Waals surface area contributed by atoms with Gasteiger partial charge in [-0.05, 0) is 31.2 Å². The summed E-state index contributed by atoms with van der Waals surface area (Å²) in [5.74, 6) is -0.608. The van der Waals surface area contributed by atoms with E-state index < -0.39 is 22.4 Å². The molecule has 31 heavy (non-hydrogen) atoms. The number of sulfonamides is 1. The van der Waals surface area contributed by atoms with Crippen molar-refractivity contribution in [3.05, 3.63) is 57.2 Å². The van der Waals surface area contributed by atoms with Gasteiger partial charge in [0.25, 0.3) is 5.56 Å². The molecule has 0 atom stereocenters. The monoisotopic (exact) mass is 471 g/mol. The molecule has 1 aliphatic heterocycles. The third-order valence-electron chi connectivity index (χ3n) is 5.19. The predicted octanol–water partition coefficient (Wildman–Crippen LogP) is 1.83. The van der Waals surface area contributed by atoms with Gasteiger partial charge in [-0.25, -0.2) is 17.5 Å². The minimum absolute atomic E-state index is 0.145. The van der Waals surface area contributed by atoms with Gasteiger partial charge in [0.05, 0.1) is 16.5 Å². The first-order valence-electron chi connectivity index (χ1n) is 9.63. The molecule has 2 aromatic rings. The molecule has 8 nitrogen and oxygen atoms in total. The van der Waals surface area contributed by atoms with Gasteiger partial charge in [0.1, 0.15) is 17.7 Å². The van der Waals surface area contributed by atoms with Gasteiger partial charge in [0, 0.05) is 44.7 Å². The van der Waals surface area contributed by atoms with Crippen LogP contribution < -0.4 is 15.0 Å². The second-order valence-electron chi connectivity index (χ2n) is 7.33. The molecule has 0 saturated carbocycles. The van der Waals surface area contributed by atoms with Crippen molar-refractivity contribution in [3.63, 3.8) is 0 Å². The van der Waals surface area contributed by atoms with Crippen LogP contribution in [0.4, 0.5) is 4.39 Å². The number of ether oxygens (including phenoxy) is 1. The zero-order valence-electron chi connectivity index (χ0n) is 17.1. The second kappa shape index (κ2) is 9.37. The highest BCUT2D eigenvalue weighted by Gasteiger charge is 2.25. The molecule has 1 amide bonds. The van der Waals surface area contributed by atoms with Crippen LogP contribution in [0.5, 0.6) is 5.75 Å². The quantitative estimate of drug-likeness (QED) is 0.693. The maximum absolute atomic E-state index is 13.2. The van der Waals surface area contributed by atoms with E-state index in [0.29, 0.717) is 31.7 Å². The van der Waals surface area contributed by atoms with Crippen LogP contribution in [-0.4, -0.2) is 49.5 Å². The minimum atomic E-state index is -4.00. The Labute approximate surface area is 184 Å². The van der Waals surface area contributed by atoms with Crippen molar-refractivity contribution in [2.45, 2.75) is 30.8 Å². The van der Waals surface area contributed by atoms with E-state index in [4.69, 9.17) is 16.3 Å². The van der Waals surface area contributed by atoms with Crippen molar-refractivity contribution in [1.82, 2.24) is 14.2 Å². The van der Waals surface area contributed by atoms with E-state index in [1.807, 2.05) is 6.92 Å². The van der Waals surface area contributed by atoms with Gasteiger partial charge in [0.15, 0.2) is 0 Å². The van der Waals surface area contributed by atoms with Crippen LogP contribution >= 0.6 is 11.6 Å². The topological polar surface area (TPSA) is 97.7 Å². The van der Waals surface area contributed by atoms with E-state index in [0.717, 1.165) is 23.9 Å². The summed E-state index contributed by atoms with van der Waals surface area (Å²) >= 11 is 5.63. The number of piperidine rings is 1. The summed E-state index contributed by atoms with van der Waals surface area (Å²) in [6.07, 6.45) is 0.967. The number of hydrogen-bond donors (Lipinski definition) is 1. The average Bonchev–Trinajstić information content (AvgIpc) is 2.72. The van der Waals surface area contributed by atoms with Gasteiger partial charge < -0.3 is 14.2 Å². The number of halogens is 2. The molecular weight excluding hydrogens is 449 g/mol. The molecule has 3 rings (SSSR count). The Hall–Kier alpha value is -2.43. The highest BCUT2D eigenvalue weighted by molar-refractivity contribution is 7.89. The van der Waals surface area contributed by atoms with Crippen molar-refractivity contribution >= 4 is 27.5 Å². The fourth-order valence-corrected chi connectivity index (χ4v) is 4.46. The summed E-state index contributed by atoms with van der Waals surface area (Å²) in [6, 6.07) is 6.24. The van der Waals surface area contributed by atoms with Gasteiger partial charge in [-0.3, -0.25) is 9.59 Å². The summed E-state index contributed by atoms with van der Waals surface area (Å²) in [4.78, 5) is 25.6. The summed E-state index contributed by atoms with van der Waals surface area (Å²) in [5, 5.41) is -0.317. The fourth-order valence-electron chi connectivity index (χ4n) is 3.22. The fraction of sp³-hybridized carbons (Fsp3) is 0.400. The van der Waals surface area contributed by atoms with Crippen LogP contribution in [0.1, 0.15) is 18.5 Å². The number of pyridine rings is 1. The summed E-state index contributed by atoms with van der Waals surface area (Å²) in [7, 11) is -2.32. The molecule has 2 heterocycles. The number of nitrogens with one attached hydrogen (secondary N) is 1. The Morgan fingerprint density at radius 3 is 2.55 bits per heavy atom. The molecule has 11 heteroatoms. The van der Waals surface area contributed by atoms with Gasteiger partial charge in [-0.2, -0.15) is 0 Å². The van der Waals surface area contributed by atoms with Crippen LogP contribution in [0.15, 0.2) is 40.0 Å². The molecule has 1 N–H and O–H groups in total. The van der Waals surface area contributed by atoms with E-state index in [2.05, 4.69) is 4.72 Å². The lowest BCUT2D eigenvalue weighted by molar-refractivity contribution is -0.131. The third kappa shape index (κ3) is 5.63. The highest BCUT2D eigenvalue weighted by Crippen LogP contribution is 2.20.